The summed E-state index contributed by atoms with van der Waals surface area (Å²) in [6, 6.07) is 8.63. The van der Waals surface area contributed by atoms with Crippen LogP contribution in [-0.4, -0.2) is 51.4 Å². The molecule has 3 fully saturated rings. The van der Waals surface area contributed by atoms with E-state index >= 15 is 0 Å². The summed E-state index contributed by atoms with van der Waals surface area (Å²) in [4.78, 5) is 47.9. The van der Waals surface area contributed by atoms with Crippen molar-refractivity contribution in [3.63, 3.8) is 0 Å². The first-order chi connectivity index (χ1) is 19.2. The lowest BCUT2D eigenvalue weighted by atomic mass is 9.73. The van der Waals surface area contributed by atoms with Crippen molar-refractivity contribution in [2.24, 2.45) is 23.7 Å². The molecule has 6 rings (SSSR count). The van der Waals surface area contributed by atoms with E-state index < -0.39 is 29.6 Å². The van der Waals surface area contributed by atoms with Gasteiger partial charge in [0, 0.05) is 30.7 Å². The molecule has 2 aromatic rings. The zero-order valence-electron chi connectivity index (χ0n) is 23.6. The lowest BCUT2D eigenvalue weighted by molar-refractivity contribution is -0.142. The van der Waals surface area contributed by atoms with Crippen LogP contribution in [0.15, 0.2) is 54.9 Å². The van der Waals surface area contributed by atoms with Crippen molar-refractivity contribution in [2.45, 2.75) is 77.3 Å². The molecule has 8 heteroatoms. The molecule has 4 heterocycles. The molecule has 2 bridgehead atoms. The number of nitrogens with one attached hydrogen (secondary N) is 2. The third-order valence-corrected chi connectivity index (χ3v) is 9.81. The maximum Gasteiger partial charge on any atom is 0.246 e. The van der Waals surface area contributed by atoms with E-state index in [0.29, 0.717) is 17.5 Å². The molecule has 1 saturated carbocycles. The Bertz CT molecular complexity index is 1360. The largest absolute Gasteiger partial charge is 0.359 e. The van der Waals surface area contributed by atoms with Gasteiger partial charge in [-0.1, -0.05) is 51.0 Å². The Hall–Kier alpha value is -3.52. The molecule has 8 nitrogen and oxygen atoms in total. The van der Waals surface area contributed by atoms with Gasteiger partial charge in [-0.15, -0.1) is 0 Å². The van der Waals surface area contributed by atoms with Crippen LogP contribution in [0.4, 0.5) is 5.69 Å². The molecule has 3 amide bonds. The molecule has 1 aromatic heterocycles. The number of carbonyl (C=O) groups is 3. The predicted octanol–water partition coefficient (Wildman–Crippen LogP) is 3.93. The van der Waals surface area contributed by atoms with E-state index in [1.807, 2.05) is 56.3 Å². The Labute approximate surface area is 235 Å². The molecule has 2 N–H and O–H groups in total. The first kappa shape index (κ1) is 26.7. The smallest absolute Gasteiger partial charge is 0.246 e. The third-order valence-electron chi connectivity index (χ3n) is 9.81. The van der Waals surface area contributed by atoms with Crippen LogP contribution < -0.4 is 10.6 Å². The van der Waals surface area contributed by atoms with Gasteiger partial charge in [-0.25, -0.2) is 0 Å². The van der Waals surface area contributed by atoms with Gasteiger partial charge in [0.15, 0.2) is 0 Å². The second-order valence-electron chi connectivity index (χ2n) is 12.2. The number of rotatable bonds is 6. The summed E-state index contributed by atoms with van der Waals surface area (Å²) >= 11 is 0. The fraction of sp³-hybridized carbons (Fsp3) is 0.500. The van der Waals surface area contributed by atoms with E-state index in [0.717, 1.165) is 36.0 Å². The number of hydrogen-bond donors (Lipinski definition) is 2. The van der Waals surface area contributed by atoms with Crippen molar-refractivity contribution in [3.05, 3.63) is 71.6 Å². The maximum absolute atomic E-state index is 14.2. The number of pyridine rings is 1. The molecule has 1 spiro atoms. The van der Waals surface area contributed by atoms with Crippen LogP contribution in [0.1, 0.15) is 49.8 Å². The fourth-order valence-electron chi connectivity index (χ4n) is 7.22. The van der Waals surface area contributed by atoms with Gasteiger partial charge in [0.1, 0.15) is 11.6 Å². The van der Waals surface area contributed by atoms with E-state index in [4.69, 9.17) is 4.74 Å². The molecule has 40 heavy (non-hydrogen) atoms. The summed E-state index contributed by atoms with van der Waals surface area (Å²) in [5.41, 5.74) is 2.51. The van der Waals surface area contributed by atoms with Crippen molar-refractivity contribution in [1.82, 2.24) is 15.2 Å². The molecule has 1 aliphatic carbocycles. The van der Waals surface area contributed by atoms with Gasteiger partial charge in [-0.3, -0.25) is 19.4 Å². The normalized spacial score (nSPS) is 34.1. The van der Waals surface area contributed by atoms with Crippen LogP contribution in [-0.2, 0) is 25.7 Å². The van der Waals surface area contributed by atoms with Crippen LogP contribution >= 0.6 is 0 Å². The predicted molar refractivity (Wildman–Crippen MR) is 151 cm³/mol. The van der Waals surface area contributed by atoms with Crippen LogP contribution in [0.2, 0.25) is 0 Å². The SMILES string of the molecule is Cc1ccc(NC(=O)[C@H]2[C@H]3C=C[C@@]4(O3)[C@H]2C(=O)N(Cc2cccnc2)[C@@H]4C(=O)N[C@@H]2CCC[C@@H](C)[C@@H]2C)cc1C. The monoisotopic (exact) mass is 542 g/mol. The number of nitrogens with zero attached hydrogens (tertiary/aromatic N) is 2. The summed E-state index contributed by atoms with van der Waals surface area (Å²) in [5, 5.41) is 6.32. The Morgan fingerprint density at radius 2 is 1.95 bits per heavy atom. The summed E-state index contributed by atoms with van der Waals surface area (Å²) in [6.45, 7) is 8.65. The molecule has 210 valence electrons. The highest BCUT2D eigenvalue weighted by atomic mass is 16.5. The second kappa shape index (κ2) is 10.1. The average molecular weight is 543 g/mol. The van der Waals surface area contributed by atoms with Crippen LogP contribution in [0.25, 0.3) is 0 Å². The Morgan fingerprint density at radius 3 is 2.70 bits per heavy atom. The molecule has 1 aromatic carbocycles. The topological polar surface area (TPSA) is 101 Å². The summed E-state index contributed by atoms with van der Waals surface area (Å²) in [5.74, 6) is -1.39. The number of benzene rings is 1. The minimum absolute atomic E-state index is 0.0356. The number of fused-ring (bicyclic) bond motifs is 1. The van der Waals surface area contributed by atoms with Crippen molar-refractivity contribution in [3.8, 4) is 0 Å². The van der Waals surface area contributed by atoms with Crippen LogP contribution in [0.3, 0.4) is 0 Å². The number of ether oxygens (including phenoxy) is 1. The zero-order chi connectivity index (χ0) is 28.2. The van der Waals surface area contributed by atoms with Crippen molar-refractivity contribution in [2.75, 3.05) is 5.32 Å². The standard InChI is InChI=1S/C32H38N4O4/c1-18-10-11-23(15-20(18)3)34-29(37)26-25-12-13-32(40-25)27(26)31(39)36(17-22-8-6-14-33-16-22)28(32)30(38)35-24-9-5-7-19(2)21(24)4/h6,8,10-16,19,21,24-28H,5,7,9,17H2,1-4H3,(H,34,37)(H,35,38)/t19-,21+,24-,25-,26+,27-,28-,32-/m1/s1. The zero-order valence-corrected chi connectivity index (χ0v) is 23.6. The quantitative estimate of drug-likeness (QED) is 0.539. The van der Waals surface area contributed by atoms with Crippen LogP contribution in [0.5, 0.6) is 0 Å². The van der Waals surface area contributed by atoms with Crippen LogP contribution in [0, 0.1) is 37.5 Å². The number of carbonyl (C=O) groups excluding carboxylic acids is 3. The highest BCUT2D eigenvalue weighted by molar-refractivity contribution is 6.02. The number of likely N-dealkylation sites (tertiary alicyclic amines) is 1. The molecule has 0 unspecified atom stereocenters. The summed E-state index contributed by atoms with van der Waals surface area (Å²) in [6.07, 6.45) is 9.66. The fourth-order valence-corrected chi connectivity index (χ4v) is 7.22. The van der Waals surface area contributed by atoms with Crippen molar-refractivity contribution in [1.29, 1.82) is 0 Å². The summed E-state index contributed by atoms with van der Waals surface area (Å²) in [7, 11) is 0. The van der Waals surface area contributed by atoms with Crippen molar-refractivity contribution >= 4 is 23.4 Å². The summed E-state index contributed by atoms with van der Waals surface area (Å²) < 4.78 is 6.50. The first-order valence-electron chi connectivity index (χ1n) is 14.4. The highest BCUT2D eigenvalue weighted by Crippen LogP contribution is 2.55. The van der Waals surface area contributed by atoms with Crippen molar-refractivity contribution < 1.29 is 19.1 Å². The number of aromatic nitrogens is 1. The average Bonchev–Trinajstić information content (AvgIpc) is 3.57. The Kier molecular flexibility index (Phi) is 6.77. The van der Waals surface area contributed by atoms with Gasteiger partial charge in [0.2, 0.25) is 17.7 Å². The van der Waals surface area contributed by atoms with Gasteiger partial charge >= 0.3 is 0 Å². The lowest BCUT2D eigenvalue weighted by Gasteiger charge is -2.38. The van der Waals surface area contributed by atoms with E-state index in [1.54, 1.807) is 17.3 Å². The molecular formula is C32H38N4O4. The third kappa shape index (κ3) is 4.33. The Morgan fingerprint density at radius 1 is 1.12 bits per heavy atom. The van der Waals surface area contributed by atoms with Gasteiger partial charge in [0.05, 0.1) is 17.9 Å². The molecule has 4 aliphatic rings. The molecule has 8 atom stereocenters. The minimum atomic E-state index is -1.19. The number of aryl methyl sites for hydroxylation is 2. The maximum atomic E-state index is 14.2. The van der Waals surface area contributed by atoms with Gasteiger partial charge in [0.25, 0.3) is 0 Å². The molecular weight excluding hydrogens is 504 g/mol. The van der Waals surface area contributed by atoms with E-state index in [2.05, 4.69) is 29.5 Å². The van der Waals surface area contributed by atoms with Gasteiger partial charge < -0.3 is 20.3 Å². The molecule has 3 aliphatic heterocycles. The molecule has 2 saturated heterocycles. The first-order valence-corrected chi connectivity index (χ1v) is 14.4. The highest BCUT2D eigenvalue weighted by Gasteiger charge is 2.72. The van der Waals surface area contributed by atoms with Gasteiger partial charge in [-0.05, 0) is 67.0 Å². The van der Waals surface area contributed by atoms with Gasteiger partial charge in [-0.2, -0.15) is 0 Å². The van der Waals surface area contributed by atoms with E-state index in [1.165, 1.54) is 0 Å². The number of hydrogen-bond acceptors (Lipinski definition) is 5. The second-order valence-corrected chi connectivity index (χ2v) is 12.2. The molecule has 0 radical (unpaired) electrons. The van der Waals surface area contributed by atoms with E-state index in [9.17, 15) is 14.4 Å². The number of amides is 3. The lowest BCUT2D eigenvalue weighted by Crippen LogP contribution is -2.57. The number of anilines is 1. The Balaban J connectivity index is 1.32. The van der Waals surface area contributed by atoms with E-state index in [-0.39, 0.29) is 30.3 Å². The minimum Gasteiger partial charge on any atom is -0.359 e.